The Morgan fingerprint density at radius 1 is 1.12 bits per heavy atom. The molecule has 3 aromatic rings. The minimum absolute atomic E-state index is 0.0573. The summed E-state index contributed by atoms with van der Waals surface area (Å²) < 4.78 is 0.951. The van der Waals surface area contributed by atoms with Gasteiger partial charge in [-0.05, 0) is 36.4 Å². The first kappa shape index (κ1) is 15.9. The van der Waals surface area contributed by atoms with E-state index in [1.54, 1.807) is 30.5 Å². The third-order valence-corrected chi connectivity index (χ3v) is 4.00. The van der Waals surface area contributed by atoms with Gasteiger partial charge in [0.25, 0.3) is 0 Å². The van der Waals surface area contributed by atoms with Crippen molar-refractivity contribution in [2.75, 3.05) is 16.6 Å². The number of nitrogens with one attached hydrogen (secondary N) is 2. The molecule has 0 aliphatic heterocycles. The molecule has 122 valence electrons. The maximum atomic E-state index is 8.67. The van der Waals surface area contributed by atoms with Crippen LogP contribution in [0.25, 0.3) is 10.8 Å². The first-order valence-electron chi connectivity index (χ1n) is 7.02. The zero-order chi connectivity index (χ0) is 17.1. The van der Waals surface area contributed by atoms with Gasteiger partial charge in [-0.2, -0.15) is 0 Å². The number of rotatable bonds is 4. The van der Waals surface area contributed by atoms with Crippen LogP contribution >= 0.6 is 15.9 Å². The minimum atomic E-state index is 0.0573. The van der Waals surface area contributed by atoms with E-state index in [1.807, 2.05) is 18.2 Å². The normalized spacial score (nSPS) is 11.5. The molecule has 0 fully saturated rings. The van der Waals surface area contributed by atoms with Gasteiger partial charge in [0.05, 0.1) is 5.69 Å². The van der Waals surface area contributed by atoms with Gasteiger partial charge in [0.1, 0.15) is 11.5 Å². The minimum Gasteiger partial charge on any atom is -0.409 e. The van der Waals surface area contributed by atoms with Gasteiger partial charge in [-0.3, -0.25) is 5.43 Å². The fourth-order valence-corrected chi connectivity index (χ4v) is 2.61. The molecule has 2 aromatic carbocycles. The van der Waals surface area contributed by atoms with Crippen molar-refractivity contribution < 1.29 is 5.21 Å². The van der Waals surface area contributed by atoms with Gasteiger partial charge in [0.15, 0.2) is 5.84 Å². The molecule has 7 N–H and O–H groups in total. The molecular weight excluding hydrogens is 372 g/mol. The molecule has 8 heteroatoms. The molecule has 0 bridgehead atoms. The molecule has 1 aromatic heterocycles. The summed E-state index contributed by atoms with van der Waals surface area (Å²) in [7, 11) is 0. The summed E-state index contributed by atoms with van der Waals surface area (Å²) in [4.78, 5) is 4.20. The van der Waals surface area contributed by atoms with Crippen LogP contribution in [-0.2, 0) is 0 Å². The third kappa shape index (κ3) is 3.18. The maximum Gasteiger partial charge on any atom is 0.170 e. The molecule has 0 atom stereocenters. The van der Waals surface area contributed by atoms with Crippen LogP contribution in [-0.4, -0.2) is 16.0 Å². The average Bonchev–Trinajstić information content (AvgIpc) is 2.60. The zero-order valence-corrected chi connectivity index (χ0v) is 14.1. The summed E-state index contributed by atoms with van der Waals surface area (Å²) in [6.45, 7) is 0. The summed E-state index contributed by atoms with van der Waals surface area (Å²) in [5.74, 6) is 0.447. The van der Waals surface area contributed by atoms with Gasteiger partial charge in [-0.15, -0.1) is 0 Å². The molecule has 7 nitrogen and oxygen atoms in total. The number of halogens is 1. The van der Waals surface area contributed by atoms with E-state index in [2.05, 4.69) is 36.9 Å². The van der Waals surface area contributed by atoms with Crippen LogP contribution in [0.2, 0.25) is 0 Å². The molecule has 3 rings (SSSR count). The Morgan fingerprint density at radius 3 is 2.58 bits per heavy atom. The van der Waals surface area contributed by atoms with Crippen molar-refractivity contribution in [3.63, 3.8) is 0 Å². The van der Waals surface area contributed by atoms with Crippen molar-refractivity contribution in [1.82, 2.24) is 4.98 Å². The second kappa shape index (κ2) is 6.63. The van der Waals surface area contributed by atoms with E-state index >= 15 is 0 Å². The van der Waals surface area contributed by atoms with E-state index < -0.39 is 0 Å². The molecule has 0 aliphatic carbocycles. The van der Waals surface area contributed by atoms with Gasteiger partial charge in [-0.1, -0.05) is 27.2 Å². The number of hydrogen-bond acceptors (Lipinski definition) is 6. The van der Waals surface area contributed by atoms with E-state index in [4.69, 9.17) is 16.7 Å². The van der Waals surface area contributed by atoms with E-state index in [0.717, 1.165) is 20.9 Å². The number of nitrogens with two attached hydrogens (primary N) is 2. The molecule has 0 saturated carbocycles. The lowest BCUT2D eigenvalue weighted by Gasteiger charge is -2.14. The summed E-state index contributed by atoms with van der Waals surface area (Å²) >= 11 is 3.46. The number of aromatic nitrogens is 1. The number of pyridine rings is 1. The van der Waals surface area contributed by atoms with Crippen molar-refractivity contribution in [3.05, 3.63) is 58.7 Å². The largest absolute Gasteiger partial charge is 0.409 e. The summed E-state index contributed by atoms with van der Waals surface area (Å²) in [5.41, 5.74) is 19.8. The molecule has 0 aliphatic rings. The number of nitrogen functional groups attached to an aromatic ring is 1. The number of benzene rings is 2. The van der Waals surface area contributed by atoms with Crippen molar-refractivity contribution in [1.29, 1.82) is 0 Å². The van der Waals surface area contributed by atoms with Crippen LogP contribution in [0.15, 0.2) is 58.3 Å². The standard InChI is InChI=1S/C16H15BrN6O/c17-11-4-1-10-8-20-16(19)14(13(10)7-11)22-21-12-5-2-9(3-6-12)15(18)23-24/h1-8,21-22,24H,(H2,18,23)(H2,19,20). The number of hydrazine groups is 1. The van der Waals surface area contributed by atoms with E-state index in [-0.39, 0.29) is 5.84 Å². The number of anilines is 3. The lowest BCUT2D eigenvalue weighted by atomic mass is 10.1. The Bertz CT molecular complexity index is 905. The Labute approximate surface area is 146 Å². The molecule has 0 radical (unpaired) electrons. The van der Waals surface area contributed by atoms with Crippen LogP contribution in [0, 0.1) is 0 Å². The average molecular weight is 387 g/mol. The second-order valence-electron chi connectivity index (χ2n) is 5.06. The molecule has 24 heavy (non-hydrogen) atoms. The highest BCUT2D eigenvalue weighted by Crippen LogP contribution is 2.30. The van der Waals surface area contributed by atoms with Crippen molar-refractivity contribution >= 4 is 49.7 Å². The fourth-order valence-electron chi connectivity index (χ4n) is 2.25. The fraction of sp³-hybridized carbons (Fsp3) is 0. The highest BCUT2D eigenvalue weighted by molar-refractivity contribution is 9.10. The van der Waals surface area contributed by atoms with Gasteiger partial charge in [0, 0.05) is 27.0 Å². The SMILES string of the molecule is NC(=NO)c1ccc(NNc2c(N)ncc3ccc(Br)cc23)cc1. The van der Waals surface area contributed by atoms with Crippen LogP contribution in [0.4, 0.5) is 17.2 Å². The summed E-state index contributed by atoms with van der Waals surface area (Å²) in [6, 6.07) is 12.9. The Morgan fingerprint density at radius 2 is 1.88 bits per heavy atom. The Balaban J connectivity index is 1.85. The summed E-state index contributed by atoms with van der Waals surface area (Å²) in [5, 5.41) is 13.6. The smallest absolute Gasteiger partial charge is 0.170 e. The number of hydrogen-bond donors (Lipinski definition) is 5. The van der Waals surface area contributed by atoms with Gasteiger partial charge >= 0.3 is 0 Å². The lowest BCUT2D eigenvalue weighted by molar-refractivity contribution is 0.318. The van der Waals surface area contributed by atoms with E-state index in [0.29, 0.717) is 17.1 Å². The number of amidine groups is 1. The highest BCUT2D eigenvalue weighted by atomic mass is 79.9. The van der Waals surface area contributed by atoms with Crippen molar-refractivity contribution in [2.24, 2.45) is 10.9 Å². The predicted molar refractivity (Wildman–Crippen MR) is 100 cm³/mol. The Hall–Kier alpha value is -3.00. The molecule has 0 unspecified atom stereocenters. The van der Waals surface area contributed by atoms with Gasteiger partial charge < -0.3 is 22.1 Å². The molecule has 0 saturated heterocycles. The van der Waals surface area contributed by atoms with Crippen molar-refractivity contribution in [3.8, 4) is 0 Å². The highest BCUT2D eigenvalue weighted by Gasteiger charge is 2.07. The third-order valence-electron chi connectivity index (χ3n) is 3.50. The first-order valence-corrected chi connectivity index (χ1v) is 7.81. The Kier molecular flexibility index (Phi) is 4.39. The summed E-state index contributed by atoms with van der Waals surface area (Å²) in [6.07, 6.45) is 1.73. The second-order valence-corrected chi connectivity index (χ2v) is 5.98. The predicted octanol–water partition coefficient (Wildman–Crippen LogP) is 3.11. The molecule has 0 amide bonds. The van der Waals surface area contributed by atoms with Crippen LogP contribution in [0.1, 0.15) is 5.56 Å². The molecule has 0 spiro atoms. The van der Waals surface area contributed by atoms with E-state index in [9.17, 15) is 0 Å². The number of nitrogens with zero attached hydrogens (tertiary/aromatic N) is 2. The van der Waals surface area contributed by atoms with Gasteiger partial charge in [0.2, 0.25) is 0 Å². The first-order chi connectivity index (χ1) is 11.6. The zero-order valence-electron chi connectivity index (χ0n) is 12.5. The maximum absolute atomic E-state index is 8.67. The van der Waals surface area contributed by atoms with Gasteiger partial charge in [-0.25, -0.2) is 4.98 Å². The number of fused-ring (bicyclic) bond motifs is 1. The molecular formula is C16H15BrN6O. The van der Waals surface area contributed by atoms with Crippen LogP contribution in [0.3, 0.4) is 0 Å². The van der Waals surface area contributed by atoms with E-state index in [1.165, 1.54) is 0 Å². The molecule has 1 heterocycles. The lowest BCUT2D eigenvalue weighted by Crippen LogP contribution is -2.14. The quantitative estimate of drug-likeness (QED) is 0.203. The van der Waals surface area contributed by atoms with Crippen LogP contribution < -0.4 is 22.3 Å². The number of oxime groups is 1. The van der Waals surface area contributed by atoms with Crippen molar-refractivity contribution in [2.45, 2.75) is 0 Å². The monoisotopic (exact) mass is 386 g/mol. The topological polar surface area (TPSA) is 122 Å². The van der Waals surface area contributed by atoms with Crippen LogP contribution in [0.5, 0.6) is 0 Å².